The highest BCUT2D eigenvalue weighted by atomic mass is 32.1. The number of ketones is 1. The van der Waals surface area contributed by atoms with Crippen molar-refractivity contribution in [1.82, 2.24) is 4.98 Å². The van der Waals surface area contributed by atoms with E-state index in [1.807, 2.05) is 0 Å². The van der Waals surface area contributed by atoms with Crippen LogP contribution in [0.2, 0.25) is 0 Å². The van der Waals surface area contributed by atoms with Gasteiger partial charge in [-0.2, -0.15) is 0 Å². The van der Waals surface area contributed by atoms with Crippen LogP contribution in [0.3, 0.4) is 0 Å². The van der Waals surface area contributed by atoms with Gasteiger partial charge < -0.3 is 49.8 Å². The molecule has 57 heavy (non-hydrogen) atoms. The number of ether oxygens (including phenoxy) is 4. The van der Waals surface area contributed by atoms with Gasteiger partial charge in [0.05, 0.1) is 46.8 Å². The van der Waals surface area contributed by atoms with Crippen LogP contribution in [0.5, 0.6) is 23.0 Å². The first-order chi connectivity index (χ1) is 26.8. The molecule has 0 saturated carbocycles. The molecule has 5 bridgehead atoms. The van der Waals surface area contributed by atoms with Crippen molar-refractivity contribution in [2.75, 3.05) is 12.4 Å². The molecule has 3 aliphatic rings. The summed E-state index contributed by atoms with van der Waals surface area (Å²) in [7, 11) is 1.43. The standard InChI is InChI=1S/C41H49N3O12S/c1-18-11-10-12-19(2)39(52)44-30-25(17-43-40-42-14-16-57-40)34(49)27-28(35(30)50)33(48)23(6)37-29(27)38(51)41(8,56-37)54-15-13-26(53-9)20(3)36(55-24(7)45)22(5)32(47)21(4)31(18)46/h10-18,20-22,26,31-32,36,46-50H,1-9H3,(H,44,52)/b11-10+,15-13+,19-12-,43-17-/t18-,20+,21+,22+,26-,31-,32+,36+,41-/m0/s1. The number of methoxy groups -OCH3 is 1. The van der Waals surface area contributed by atoms with E-state index in [4.69, 9.17) is 18.9 Å². The number of anilines is 1. The maximum Gasteiger partial charge on any atom is 0.312 e. The van der Waals surface area contributed by atoms with Crippen LogP contribution in [0, 0.1) is 30.6 Å². The molecule has 0 aliphatic carbocycles. The smallest absolute Gasteiger partial charge is 0.312 e. The fraction of sp³-hybridized carbons (Fsp3) is 0.439. The number of fused-ring (bicyclic) bond motifs is 14. The second-order valence-electron chi connectivity index (χ2n) is 14.7. The first-order valence-corrected chi connectivity index (χ1v) is 19.2. The zero-order valence-electron chi connectivity index (χ0n) is 33.1. The summed E-state index contributed by atoms with van der Waals surface area (Å²) in [5, 5.41) is 62.0. The third kappa shape index (κ3) is 8.26. The number of Topliss-reactive ketones (excluding diaryl/α,β-unsaturated/α-hetero) is 1. The topological polar surface area (TPSA) is 227 Å². The normalized spacial score (nSPS) is 30.8. The fourth-order valence-electron chi connectivity index (χ4n) is 7.27. The summed E-state index contributed by atoms with van der Waals surface area (Å²) < 4.78 is 23.5. The Morgan fingerprint density at radius 3 is 2.33 bits per heavy atom. The lowest BCUT2D eigenvalue weighted by molar-refractivity contribution is -0.160. The van der Waals surface area contributed by atoms with Gasteiger partial charge in [0.25, 0.3) is 11.7 Å². The van der Waals surface area contributed by atoms with E-state index in [2.05, 4.69) is 15.3 Å². The number of allylic oxidation sites excluding steroid dienone is 2. The Morgan fingerprint density at radius 1 is 1.00 bits per heavy atom. The summed E-state index contributed by atoms with van der Waals surface area (Å²) in [5.74, 6) is -8.57. The van der Waals surface area contributed by atoms with Crippen molar-refractivity contribution in [1.29, 1.82) is 0 Å². The lowest BCUT2D eigenvalue weighted by atomic mass is 9.78. The molecule has 4 heterocycles. The number of nitrogens with zero attached hydrogens (tertiary/aromatic N) is 2. The molecule has 0 saturated heterocycles. The highest BCUT2D eigenvalue weighted by Crippen LogP contribution is 2.55. The van der Waals surface area contributed by atoms with Gasteiger partial charge >= 0.3 is 11.8 Å². The lowest BCUT2D eigenvalue weighted by Gasteiger charge is -2.38. The fourth-order valence-corrected chi connectivity index (χ4v) is 7.75. The number of esters is 1. The van der Waals surface area contributed by atoms with Crippen LogP contribution in [0.1, 0.15) is 70.0 Å². The summed E-state index contributed by atoms with van der Waals surface area (Å²) >= 11 is 1.18. The number of phenolic OH excluding ortho intramolecular Hbond substituents is 3. The van der Waals surface area contributed by atoms with Gasteiger partial charge in [0.15, 0.2) is 5.75 Å². The molecule has 6 N–H and O–H groups in total. The highest BCUT2D eigenvalue weighted by molar-refractivity contribution is 7.13. The number of aliphatic hydroxyl groups is 2. The molecule has 2 aromatic carbocycles. The second kappa shape index (κ2) is 17.1. The van der Waals surface area contributed by atoms with E-state index in [1.165, 1.54) is 77.0 Å². The van der Waals surface area contributed by atoms with Gasteiger partial charge in [-0.15, -0.1) is 11.3 Å². The van der Waals surface area contributed by atoms with E-state index >= 15 is 0 Å². The van der Waals surface area contributed by atoms with Crippen molar-refractivity contribution in [3.63, 3.8) is 0 Å². The number of carbonyl (C=O) groups is 3. The van der Waals surface area contributed by atoms with Gasteiger partial charge in [-0.3, -0.25) is 14.4 Å². The molecular weight excluding hydrogens is 759 g/mol. The first-order valence-electron chi connectivity index (χ1n) is 18.4. The minimum atomic E-state index is -2.06. The van der Waals surface area contributed by atoms with Crippen molar-refractivity contribution in [2.45, 2.75) is 85.6 Å². The van der Waals surface area contributed by atoms with Crippen LogP contribution in [-0.4, -0.2) is 91.7 Å². The van der Waals surface area contributed by atoms with E-state index < -0.39 is 88.8 Å². The average Bonchev–Trinajstić information content (AvgIpc) is 3.79. The third-order valence-corrected chi connectivity index (χ3v) is 11.4. The maximum absolute atomic E-state index is 14.3. The highest BCUT2D eigenvalue weighted by Gasteiger charge is 2.50. The van der Waals surface area contributed by atoms with Gasteiger partial charge in [0, 0.05) is 78.9 Å². The Labute approximate surface area is 334 Å². The van der Waals surface area contributed by atoms with Crippen LogP contribution < -0.4 is 10.1 Å². The predicted molar refractivity (Wildman–Crippen MR) is 213 cm³/mol. The van der Waals surface area contributed by atoms with Crippen molar-refractivity contribution >= 4 is 56.8 Å². The predicted octanol–water partition coefficient (Wildman–Crippen LogP) is 5.96. The van der Waals surface area contributed by atoms with Gasteiger partial charge in [-0.25, -0.2) is 9.98 Å². The number of amides is 1. The van der Waals surface area contributed by atoms with Crippen LogP contribution in [0.4, 0.5) is 10.8 Å². The zero-order valence-corrected chi connectivity index (χ0v) is 34.0. The van der Waals surface area contributed by atoms with Crippen molar-refractivity contribution in [2.24, 2.45) is 28.7 Å². The number of benzene rings is 2. The molecule has 15 nitrogen and oxygen atoms in total. The second-order valence-corrected chi connectivity index (χ2v) is 15.6. The number of hydrogen-bond acceptors (Lipinski definition) is 15. The number of phenols is 3. The van der Waals surface area contributed by atoms with Crippen molar-refractivity contribution in [3.05, 3.63) is 64.4 Å². The van der Waals surface area contributed by atoms with Gasteiger partial charge in [0.1, 0.15) is 23.4 Å². The minimum absolute atomic E-state index is 0.0377. The van der Waals surface area contributed by atoms with E-state index in [0.717, 1.165) is 0 Å². The van der Waals surface area contributed by atoms with Crippen LogP contribution in [-0.2, 0) is 23.8 Å². The number of rotatable bonds is 4. The zero-order chi connectivity index (χ0) is 42.1. The van der Waals surface area contributed by atoms with Crippen LogP contribution in [0.25, 0.3) is 10.8 Å². The largest absolute Gasteiger partial charge is 0.507 e. The number of thiazole rings is 1. The number of carbonyl (C=O) groups excluding carboxylic acids is 3. The summed E-state index contributed by atoms with van der Waals surface area (Å²) in [5.41, 5.74) is -0.536. The summed E-state index contributed by atoms with van der Waals surface area (Å²) in [6.07, 6.45) is 6.15. The van der Waals surface area contributed by atoms with Crippen molar-refractivity contribution in [3.8, 4) is 23.0 Å². The molecule has 9 atom stereocenters. The molecule has 6 rings (SSSR count). The molecule has 1 aromatic heterocycles. The maximum atomic E-state index is 14.3. The van der Waals surface area contributed by atoms with E-state index in [-0.39, 0.29) is 49.6 Å². The van der Waals surface area contributed by atoms with Crippen LogP contribution >= 0.6 is 11.3 Å². The van der Waals surface area contributed by atoms with Crippen LogP contribution in [0.15, 0.2) is 52.7 Å². The first kappa shape index (κ1) is 42.8. The minimum Gasteiger partial charge on any atom is -0.507 e. The lowest BCUT2D eigenvalue weighted by Crippen LogP contribution is -2.46. The molecular formula is C41H49N3O12S. The SMILES string of the molecule is CO[C@H]1/C=C/O[C@@]2(C)Oc3c(C)c(O)c4c(O)c(c(/C=N\c5nccs5)c(O)c4c3C2=O)NC(=O)/C(C)=C\C=C\[C@H](C)[C@H](O)[C@@H](C)[C@@H](O)[C@@H](C)[C@H](OC(C)=O)[C@@H]1C. The van der Waals surface area contributed by atoms with Gasteiger partial charge in [0.2, 0.25) is 5.13 Å². The third-order valence-electron chi connectivity index (χ3n) is 10.8. The molecule has 3 aromatic rings. The van der Waals surface area contributed by atoms with Gasteiger partial charge in [-0.1, -0.05) is 45.9 Å². The number of nitrogens with one attached hydrogen (secondary N) is 1. The van der Waals surface area contributed by atoms with Crippen molar-refractivity contribution < 1.29 is 58.9 Å². The monoisotopic (exact) mass is 807 g/mol. The molecule has 306 valence electrons. The molecule has 0 fully saturated rings. The molecule has 0 radical (unpaired) electrons. The summed E-state index contributed by atoms with van der Waals surface area (Å²) in [6.45, 7) is 12.4. The average molecular weight is 808 g/mol. The van der Waals surface area contributed by atoms with E-state index in [9.17, 15) is 39.9 Å². The summed E-state index contributed by atoms with van der Waals surface area (Å²) in [4.78, 5) is 48.7. The molecule has 3 aliphatic heterocycles. The molecule has 16 heteroatoms. The van der Waals surface area contributed by atoms with E-state index in [1.54, 1.807) is 45.2 Å². The molecule has 1 amide bonds. The Bertz CT molecular complexity index is 2160. The number of aromatic nitrogens is 1. The number of hydrogen-bond donors (Lipinski definition) is 6. The number of aliphatic imine (C=N–C) groups is 1. The molecule has 0 spiro atoms. The quantitative estimate of drug-likeness (QED) is 0.0775. The Balaban J connectivity index is 1.72. The molecule has 0 unspecified atom stereocenters. The Hall–Kier alpha value is -5.29. The number of aromatic hydroxyl groups is 3. The Morgan fingerprint density at radius 2 is 1.70 bits per heavy atom. The number of aliphatic hydroxyl groups excluding tert-OH is 2. The summed E-state index contributed by atoms with van der Waals surface area (Å²) in [6, 6.07) is 0. The van der Waals surface area contributed by atoms with E-state index in [0.29, 0.717) is 0 Å². The van der Waals surface area contributed by atoms with Gasteiger partial charge in [-0.05, 0) is 19.9 Å². The Kier molecular flexibility index (Phi) is 12.8.